The van der Waals surface area contributed by atoms with E-state index in [-0.39, 0.29) is 13.2 Å². The van der Waals surface area contributed by atoms with E-state index in [4.69, 9.17) is 9.47 Å². The third-order valence-electron chi connectivity index (χ3n) is 6.33. The second kappa shape index (κ2) is 15.0. The van der Waals surface area contributed by atoms with Gasteiger partial charge in [-0.3, -0.25) is 0 Å². The summed E-state index contributed by atoms with van der Waals surface area (Å²) in [4.78, 5) is 24.4. The Bertz CT molecular complexity index is 1050. The molecule has 0 radical (unpaired) electrons. The maximum absolute atomic E-state index is 13.7. The first-order valence-corrected chi connectivity index (χ1v) is 13.3. The van der Waals surface area contributed by atoms with Crippen LogP contribution in [0.3, 0.4) is 0 Å². The lowest BCUT2D eigenvalue weighted by atomic mass is 9.99. The zero-order valence-electron chi connectivity index (χ0n) is 22.1. The number of hydrogen-bond acceptors (Lipinski definition) is 4. The Labute approximate surface area is 224 Å². The second-order valence-electron chi connectivity index (χ2n) is 9.41. The molecule has 0 aliphatic heterocycles. The van der Waals surface area contributed by atoms with E-state index in [1.54, 1.807) is 24.3 Å². The summed E-state index contributed by atoms with van der Waals surface area (Å²) in [6, 6.07) is 22.0. The normalized spacial score (nSPS) is 12.5. The van der Waals surface area contributed by atoms with Gasteiger partial charge in [0.15, 0.2) is 0 Å². The lowest BCUT2D eigenvalue weighted by molar-refractivity contribution is 0.0383. The molecule has 0 saturated carbocycles. The van der Waals surface area contributed by atoms with Crippen molar-refractivity contribution in [3.63, 3.8) is 0 Å². The van der Waals surface area contributed by atoms with Crippen LogP contribution in [0.1, 0.15) is 73.1 Å². The van der Waals surface area contributed by atoms with Gasteiger partial charge in [-0.1, -0.05) is 88.1 Å². The van der Waals surface area contributed by atoms with Crippen molar-refractivity contribution in [1.29, 1.82) is 0 Å². The molecule has 0 N–H and O–H groups in total. The number of carbonyl (C=O) groups is 2. The quantitative estimate of drug-likeness (QED) is 0.200. The van der Waals surface area contributed by atoms with Crippen molar-refractivity contribution in [3.05, 3.63) is 83.9 Å². The highest BCUT2D eigenvalue weighted by molar-refractivity contribution is 5.91. The van der Waals surface area contributed by atoms with Crippen LogP contribution in [0.25, 0.3) is 22.3 Å². The highest BCUT2D eigenvalue weighted by Crippen LogP contribution is 2.26. The van der Waals surface area contributed by atoms with E-state index < -0.39 is 24.3 Å². The van der Waals surface area contributed by atoms with Crippen molar-refractivity contribution in [3.8, 4) is 22.3 Å². The van der Waals surface area contributed by atoms with Gasteiger partial charge in [0.1, 0.15) is 25.6 Å². The van der Waals surface area contributed by atoms with Crippen LogP contribution in [0.15, 0.2) is 72.8 Å². The molecule has 4 nitrogen and oxygen atoms in total. The van der Waals surface area contributed by atoms with E-state index in [2.05, 4.69) is 0 Å². The molecule has 0 heterocycles. The van der Waals surface area contributed by atoms with Gasteiger partial charge in [-0.25, -0.2) is 18.4 Å². The van der Waals surface area contributed by atoms with Crippen LogP contribution in [0.5, 0.6) is 0 Å². The van der Waals surface area contributed by atoms with Crippen LogP contribution in [0.2, 0.25) is 0 Å². The number of ether oxygens (including phenoxy) is 2. The average Bonchev–Trinajstić information content (AvgIpc) is 2.96. The molecule has 3 rings (SSSR count). The first-order chi connectivity index (χ1) is 18.4. The predicted octanol–water partition coefficient (Wildman–Crippen LogP) is 8.39. The zero-order valence-corrected chi connectivity index (χ0v) is 22.1. The molecule has 202 valence electrons. The lowest BCUT2D eigenvalue weighted by Crippen LogP contribution is -2.15. The first kappa shape index (κ1) is 29.0. The van der Waals surface area contributed by atoms with Crippen molar-refractivity contribution in [2.24, 2.45) is 0 Å². The average molecular weight is 523 g/mol. The first-order valence-electron chi connectivity index (χ1n) is 13.3. The monoisotopic (exact) mass is 522 g/mol. The molecule has 6 heteroatoms. The molecule has 0 spiro atoms. The maximum Gasteiger partial charge on any atom is 0.338 e. The van der Waals surface area contributed by atoms with E-state index >= 15 is 0 Å². The molecule has 3 aromatic rings. The molecule has 0 bridgehead atoms. The highest BCUT2D eigenvalue weighted by Gasteiger charge is 2.14. The molecule has 3 aromatic carbocycles. The fraction of sp³-hybridized carbons (Fsp3) is 0.375. The van der Waals surface area contributed by atoms with E-state index in [1.807, 2.05) is 62.4 Å². The van der Waals surface area contributed by atoms with Gasteiger partial charge < -0.3 is 9.47 Å². The Morgan fingerprint density at radius 1 is 0.579 bits per heavy atom. The molecular weight excluding hydrogens is 486 g/mol. The fourth-order valence-electron chi connectivity index (χ4n) is 3.97. The summed E-state index contributed by atoms with van der Waals surface area (Å²) in [6.07, 6.45) is 1.88. The van der Waals surface area contributed by atoms with Gasteiger partial charge in [0, 0.05) is 0 Å². The minimum absolute atomic E-state index is 0.221. The minimum atomic E-state index is -1.13. The summed E-state index contributed by atoms with van der Waals surface area (Å²) in [5.41, 5.74) is 4.58. The minimum Gasteiger partial charge on any atom is -0.459 e. The topological polar surface area (TPSA) is 52.6 Å². The number of esters is 2. The largest absolute Gasteiger partial charge is 0.459 e. The number of benzene rings is 3. The van der Waals surface area contributed by atoms with Gasteiger partial charge in [-0.15, -0.1) is 0 Å². The summed E-state index contributed by atoms with van der Waals surface area (Å²) < 4.78 is 37.7. The predicted molar refractivity (Wildman–Crippen MR) is 147 cm³/mol. The van der Waals surface area contributed by atoms with Crippen LogP contribution in [0, 0.1) is 0 Å². The number of unbranched alkanes of at least 4 members (excludes halogenated alkanes) is 2. The van der Waals surface area contributed by atoms with Crippen LogP contribution in [-0.4, -0.2) is 37.5 Å². The van der Waals surface area contributed by atoms with Gasteiger partial charge in [0.25, 0.3) is 0 Å². The Morgan fingerprint density at radius 2 is 0.868 bits per heavy atom. The summed E-state index contributed by atoms with van der Waals surface area (Å²) in [5.74, 6) is -1.06. The van der Waals surface area contributed by atoms with Crippen molar-refractivity contribution < 1.29 is 27.8 Å². The summed E-state index contributed by atoms with van der Waals surface area (Å²) in [7, 11) is 0. The second-order valence-corrected chi connectivity index (χ2v) is 9.41. The molecular formula is C32H36F2O4. The van der Waals surface area contributed by atoms with E-state index in [1.165, 1.54) is 0 Å². The van der Waals surface area contributed by atoms with Crippen LogP contribution in [-0.2, 0) is 9.47 Å². The lowest BCUT2D eigenvalue weighted by Gasteiger charge is -2.10. The molecule has 0 aliphatic carbocycles. The number of halogens is 2. The number of hydrogen-bond donors (Lipinski definition) is 0. The van der Waals surface area contributed by atoms with Gasteiger partial charge in [0.05, 0.1) is 11.1 Å². The van der Waals surface area contributed by atoms with Crippen LogP contribution in [0.4, 0.5) is 8.78 Å². The van der Waals surface area contributed by atoms with Crippen molar-refractivity contribution in [2.45, 2.75) is 64.7 Å². The van der Waals surface area contributed by atoms with E-state index in [0.29, 0.717) is 24.0 Å². The fourth-order valence-corrected chi connectivity index (χ4v) is 3.97. The van der Waals surface area contributed by atoms with E-state index in [9.17, 15) is 18.4 Å². The van der Waals surface area contributed by atoms with Gasteiger partial charge >= 0.3 is 11.9 Å². The van der Waals surface area contributed by atoms with Crippen molar-refractivity contribution >= 4 is 11.9 Å². The number of carbonyl (C=O) groups excluding carboxylic acids is 2. The molecule has 0 saturated heterocycles. The Balaban J connectivity index is 1.55. The van der Waals surface area contributed by atoms with Crippen molar-refractivity contribution in [2.75, 3.05) is 13.2 Å². The molecule has 0 unspecified atom stereocenters. The molecule has 0 fully saturated rings. The number of alkyl halides is 2. The van der Waals surface area contributed by atoms with Gasteiger partial charge in [0.2, 0.25) is 0 Å². The Morgan fingerprint density at radius 3 is 1.16 bits per heavy atom. The standard InChI is InChI=1S/C32H36F2O4/c1-3-5-7-29(33)21-37-31(35)27-17-13-25(14-18-27)23-9-11-24(12-10-23)26-15-19-28(20-16-26)32(36)38-22-30(34)8-6-4-2/h9-20,29-30H,3-8,21-22H2,1-2H3/t29-,30-/m1/s1. The van der Waals surface area contributed by atoms with Crippen LogP contribution < -0.4 is 0 Å². The SMILES string of the molecule is CCCC[C@@H](F)COC(=O)c1ccc(-c2ccc(-c3ccc(C(=O)OC[C@H](F)CCCC)cc3)cc2)cc1. The molecule has 0 amide bonds. The summed E-state index contributed by atoms with van der Waals surface area (Å²) >= 11 is 0. The van der Waals surface area contributed by atoms with E-state index in [0.717, 1.165) is 47.9 Å². The van der Waals surface area contributed by atoms with Crippen molar-refractivity contribution in [1.82, 2.24) is 0 Å². The van der Waals surface area contributed by atoms with Gasteiger partial charge in [-0.05, 0) is 59.4 Å². The third kappa shape index (κ3) is 8.79. The molecule has 0 aliphatic rings. The highest BCUT2D eigenvalue weighted by atomic mass is 19.1. The smallest absolute Gasteiger partial charge is 0.338 e. The Kier molecular flexibility index (Phi) is 11.5. The molecule has 38 heavy (non-hydrogen) atoms. The zero-order chi connectivity index (χ0) is 27.3. The maximum atomic E-state index is 13.7. The molecule has 0 aromatic heterocycles. The van der Waals surface area contributed by atoms with Crippen LogP contribution >= 0.6 is 0 Å². The molecule has 2 atom stereocenters. The number of rotatable bonds is 14. The van der Waals surface area contributed by atoms with Gasteiger partial charge in [-0.2, -0.15) is 0 Å². The summed E-state index contributed by atoms with van der Waals surface area (Å²) in [6.45, 7) is 3.54. The third-order valence-corrected chi connectivity index (χ3v) is 6.33. The summed E-state index contributed by atoms with van der Waals surface area (Å²) in [5, 5.41) is 0. The Hall–Kier alpha value is -3.54.